The van der Waals surface area contributed by atoms with Crippen LogP contribution in [0, 0.1) is 0 Å². The number of piperazine rings is 1. The van der Waals surface area contributed by atoms with Gasteiger partial charge in [-0.1, -0.05) is 31.5 Å². The third-order valence-electron chi connectivity index (χ3n) is 4.30. The Labute approximate surface area is 142 Å². The zero-order chi connectivity index (χ0) is 16.1. The Morgan fingerprint density at radius 2 is 2.26 bits per heavy atom. The Balaban J connectivity index is 1.78. The van der Waals surface area contributed by atoms with Crippen molar-refractivity contribution < 1.29 is 4.74 Å². The molecule has 1 fully saturated rings. The maximum absolute atomic E-state index is 5.57. The molecule has 0 spiro atoms. The van der Waals surface area contributed by atoms with Crippen molar-refractivity contribution in [3.05, 3.63) is 45.9 Å². The van der Waals surface area contributed by atoms with E-state index in [1.165, 1.54) is 16.3 Å². The zero-order valence-corrected chi connectivity index (χ0v) is 14.7. The molecule has 1 aliphatic heterocycles. The van der Waals surface area contributed by atoms with Gasteiger partial charge in [-0.2, -0.15) is 0 Å². The van der Waals surface area contributed by atoms with Gasteiger partial charge >= 0.3 is 0 Å². The molecule has 1 atom stereocenters. The largest absolute Gasteiger partial charge is 0.496 e. The summed E-state index contributed by atoms with van der Waals surface area (Å²) < 4.78 is 5.57. The molecule has 2 aromatic rings. The highest BCUT2D eigenvalue weighted by molar-refractivity contribution is 7.09. The molecule has 2 heterocycles. The Kier molecular flexibility index (Phi) is 5.65. The molecule has 4 nitrogen and oxygen atoms in total. The quantitative estimate of drug-likeness (QED) is 0.882. The number of hydrogen-bond acceptors (Lipinski definition) is 5. The van der Waals surface area contributed by atoms with Crippen LogP contribution in [0.25, 0.3) is 0 Å². The minimum absolute atomic E-state index is 0.332. The van der Waals surface area contributed by atoms with Crippen LogP contribution in [0.2, 0.25) is 0 Å². The van der Waals surface area contributed by atoms with Crippen molar-refractivity contribution in [2.45, 2.75) is 32.4 Å². The molecule has 0 saturated carbocycles. The number of nitrogens with zero attached hydrogens (tertiary/aromatic N) is 2. The lowest BCUT2D eigenvalue weighted by Crippen LogP contribution is -2.45. The van der Waals surface area contributed by atoms with Crippen molar-refractivity contribution in [2.75, 3.05) is 26.7 Å². The topological polar surface area (TPSA) is 37.4 Å². The van der Waals surface area contributed by atoms with Crippen molar-refractivity contribution >= 4 is 11.3 Å². The molecule has 0 amide bonds. The Morgan fingerprint density at radius 3 is 3.09 bits per heavy atom. The highest BCUT2D eigenvalue weighted by Gasteiger charge is 2.26. The molecule has 1 unspecified atom stereocenters. The van der Waals surface area contributed by atoms with Crippen molar-refractivity contribution in [1.29, 1.82) is 0 Å². The standard InChI is InChI=1S/C18H25N3OS/c1-3-6-14-13-23-18(20-14)12-21-10-9-19-11-16(21)15-7-4-5-8-17(15)22-2/h4-5,7-8,13,16,19H,3,6,9-12H2,1-2H3. The highest BCUT2D eigenvalue weighted by atomic mass is 32.1. The lowest BCUT2D eigenvalue weighted by Gasteiger charge is -2.36. The number of aryl methyl sites for hydroxylation is 1. The van der Waals surface area contributed by atoms with Gasteiger partial charge in [-0.05, 0) is 12.5 Å². The van der Waals surface area contributed by atoms with Crippen molar-refractivity contribution in [1.82, 2.24) is 15.2 Å². The summed E-state index contributed by atoms with van der Waals surface area (Å²) in [6.45, 7) is 6.13. The Morgan fingerprint density at radius 1 is 1.39 bits per heavy atom. The van der Waals surface area contributed by atoms with Gasteiger partial charge in [0.2, 0.25) is 0 Å². The van der Waals surface area contributed by atoms with Gasteiger partial charge in [0, 0.05) is 30.6 Å². The summed E-state index contributed by atoms with van der Waals surface area (Å²) in [5, 5.41) is 6.94. The molecule has 23 heavy (non-hydrogen) atoms. The van der Waals surface area contributed by atoms with E-state index in [9.17, 15) is 0 Å². The van der Waals surface area contributed by atoms with Crippen LogP contribution in [-0.2, 0) is 13.0 Å². The predicted molar refractivity (Wildman–Crippen MR) is 95.1 cm³/mol. The summed E-state index contributed by atoms with van der Waals surface area (Å²) in [5.74, 6) is 0.969. The monoisotopic (exact) mass is 331 g/mol. The first kappa shape index (κ1) is 16.4. The first-order valence-electron chi connectivity index (χ1n) is 8.32. The van der Waals surface area contributed by atoms with E-state index in [2.05, 4.69) is 34.7 Å². The second kappa shape index (κ2) is 7.90. The highest BCUT2D eigenvalue weighted by Crippen LogP contribution is 2.31. The summed E-state index contributed by atoms with van der Waals surface area (Å²) in [7, 11) is 1.75. The second-order valence-electron chi connectivity index (χ2n) is 5.91. The molecule has 0 aliphatic carbocycles. The van der Waals surface area contributed by atoms with Crippen LogP contribution < -0.4 is 10.1 Å². The van der Waals surface area contributed by atoms with Crippen molar-refractivity contribution in [2.24, 2.45) is 0 Å². The number of aromatic nitrogens is 1. The van der Waals surface area contributed by atoms with Gasteiger partial charge in [-0.15, -0.1) is 11.3 Å². The number of hydrogen-bond donors (Lipinski definition) is 1. The molecule has 1 aliphatic rings. The van der Waals surface area contributed by atoms with E-state index in [-0.39, 0.29) is 0 Å². The number of para-hydroxylation sites is 1. The van der Waals surface area contributed by atoms with Crippen LogP contribution in [0.15, 0.2) is 29.6 Å². The van der Waals surface area contributed by atoms with Crippen molar-refractivity contribution in [3.8, 4) is 5.75 Å². The number of nitrogens with one attached hydrogen (secondary N) is 1. The molecule has 3 rings (SSSR count). The van der Waals surface area contributed by atoms with Crippen LogP contribution in [0.1, 0.15) is 35.7 Å². The minimum Gasteiger partial charge on any atom is -0.496 e. The van der Waals surface area contributed by atoms with Gasteiger partial charge in [0.15, 0.2) is 0 Å². The summed E-state index contributed by atoms with van der Waals surface area (Å²) in [5.41, 5.74) is 2.49. The van der Waals surface area contributed by atoms with E-state index >= 15 is 0 Å². The summed E-state index contributed by atoms with van der Waals surface area (Å²) in [6.07, 6.45) is 2.23. The fourth-order valence-electron chi connectivity index (χ4n) is 3.15. The molecule has 1 N–H and O–H groups in total. The van der Waals surface area contributed by atoms with E-state index < -0.39 is 0 Å². The maximum atomic E-state index is 5.57. The van der Waals surface area contributed by atoms with Gasteiger partial charge < -0.3 is 10.1 Å². The lowest BCUT2D eigenvalue weighted by molar-refractivity contribution is 0.151. The van der Waals surface area contributed by atoms with Crippen LogP contribution >= 0.6 is 11.3 Å². The molecule has 1 aromatic heterocycles. The molecule has 0 radical (unpaired) electrons. The molecular formula is C18H25N3OS. The summed E-state index contributed by atoms with van der Waals surface area (Å²) in [4.78, 5) is 7.31. The molecular weight excluding hydrogens is 306 g/mol. The third-order valence-corrected chi connectivity index (χ3v) is 5.18. The van der Waals surface area contributed by atoms with Crippen molar-refractivity contribution in [3.63, 3.8) is 0 Å². The van der Waals surface area contributed by atoms with E-state index in [0.717, 1.165) is 44.8 Å². The van der Waals surface area contributed by atoms with Crippen LogP contribution in [0.4, 0.5) is 0 Å². The fourth-order valence-corrected chi connectivity index (χ4v) is 4.00. The molecule has 1 aromatic carbocycles. The van der Waals surface area contributed by atoms with Crippen LogP contribution in [0.3, 0.4) is 0 Å². The van der Waals surface area contributed by atoms with E-state index in [4.69, 9.17) is 9.72 Å². The number of thiazole rings is 1. The normalized spacial score (nSPS) is 19.0. The van der Waals surface area contributed by atoms with E-state index in [1.54, 1.807) is 18.4 Å². The van der Waals surface area contributed by atoms with Gasteiger partial charge in [0.05, 0.1) is 25.4 Å². The molecule has 1 saturated heterocycles. The predicted octanol–water partition coefficient (Wildman–Crippen LogP) is 3.25. The average Bonchev–Trinajstić information content (AvgIpc) is 3.03. The maximum Gasteiger partial charge on any atom is 0.123 e. The summed E-state index contributed by atoms with van der Waals surface area (Å²) >= 11 is 1.79. The van der Waals surface area contributed by atoms with Gasteiger partial charge in [-0.3, -0.25) is 4.90 Å². The van der Waals surface area contributed by atoms with Crippen LogP contribution in [0.5, 0.6) is 5.75 Å². The number of methoxy groups -OCH3 is 1. The van der Waals surface area contributed by atoms with Gasteiger partial charge in [0.25, 0.3) is 0 Å². The van der Waals surface area contributed by atoms with Crippen LogP contribution in [-0.4, -0.2) is 36.6 Å². The lowest BCUT2D eigenvalue weighted by atomic mass is 10.0. The molecule has 124 valence electrons. The molecule has 5 heteroatoms. The smallest absolute Gasteiger partial charge is 0.123 e. The Hall–Kier alpha value is -1.43. The summed E-state index contributed by atoms with van der Waals surface area (Å²) in [6, 6.07) is 8.67. The van der Waals surface area contributed by atoms with E-state index in [1.807, 2.05) is 12.1 Å². The fraction of sp³-hybridized carbons (Fsp3) is 0.500. The zero-order valence-electron chi connectivity index (χ0n) is 13.9. The van der Waals surface area contributed by atoms with Gasteiger partial charge in [0.1, 0.15) is 10.8 Å². The molecule has 0 bridgehead atoms. The van der Waals surface area contributed by atoms with Gasteiger partial charge in [-0.25, -0.2) is 4.98 Å². The van der Waals surface area contributed by atoms with E-state index in [0.29, 0.717) is 6.04 Å². The SMILES string of the molecule is CCCc1csc(CN2CCNCC2c2ccccc2OC)n1. The second-order valence-corrected chi connectivity index (χ2v) is 6.86. The number of benzene rings is 1. The number of rotatable bonds is 6. The number of ether oxygens (including phenoxy) is 1. The first-order valence-corrected chi connectivity index (χ1v) is 9.20. The average molecular weight is 331 g/mol. The first-order chi connectivity index (χ1) is 11.3. The Bertz CT molecular complexity index is 628. The third kappa shape index (κ3) is 3.91. The minimum atomic E-state index is 0.332.